The van der Waals surface area contributed by atoms with Crippen LogP contribution in [0.2, 0.25) is 0 Å². The Hall–Kier alpha value is -2.10. The molecule has 92 valence electrons. The predicted octanol–water partition coefficient (Wildman–Crippen LogP) is 1.91. The zero-order chi connectivity index (χ0) is 12.5. The van der Waals surface area contributed by atoms with Crippen molar-refractivity contribution in [2.45, 2.75) is 25.2 Å². The molecule has 1 heterocycles. The molecule has 0 saturated heterocycles. The van der Waals surface area contributed by atoms with Gasteiger partial charge in [-0.05, 0) is 36.3 Å². The Bertz CT molecular complexity index is 580. The number of nitrogen functional groups attached to an aromatic ring is 2. The zero-order valence-electron chi connectivity index (χ0n) is 10.1. The van der Waals surface area contributed by atoms with Gasteiger partial charge in [0.15, 0.2) is 0 Å². The number of aromatic nitrogens is 2. The van der Waals surface area contributed by atoms with E-state index in [-0.39, 0.29) is 5.95 Å². The highest BCUT2D eigenvalue weighted by Gasteiger charge is 2.22. The number of anilines is 2. The van der Waals surface area contributed by atoms with Crippen molar-refractivity contribution in [2.24, 2.45) is 0 Å². The molecule has 0 radical (unpaired) electrons. The summed E-state index contributed by atoms with van der Waals surface area (Å²) in [5, 5.41) is 0. The first kappa shape index (κ1) is 11.0. The normalized spacial score (nSPS) is 18.3. The highest BCUT2D eigenvalue weighted by atomic mass is 15.0. The minimum absolute atomic E-state index is 0.243. The fraction of sp³-hybridized carbons (Fsp3) is 0.286. The summed E-state index contributed by atoms with van der Waals surface area (Å²) in [7, 11) is 0. The first-order valence-electron chi connectivity index (χ1n) is 6.18. The van der Waals surface area contributed by atoms with E-state index in [9.17, 15) is 0 Å². The molecule has 2 aromatic rings. The van der Waals surface area contributed by atoms with Gasteiger partial charge in [0.25, 0.3) is 0 Å². The van der Waals surface area contributed by atoms with Gasteiger partial charge in [-0.25, -0.2) is 4.98 Å². The van der Waals surface area contributed by atoms with Gasteiger partial charge in [-0.3, -0.25) is 0 Å². The molecule has 1 aliphatic carbocycles. The minimum atomic E-state index is 0.243. The van der Waals surface area contributed by atoms with E-state index in [1.807, 2.05) is 0 Å². The molecule has 18 heavy (non-hydrogen) atoms. The predicted molar refractivity (Wildman–Crippen MR) is 72.1 cm³/mol. The number of rotatable bonds is 1. The highest BCUT2D eigenvalue weighted by Crippen LogP contribution is 2.34. The fourth-order valence-electron chi connectivity index (χ4n) is 2.70. The van der Waals surface area contributed by atoms with Gasteiger partial charge in [-0.2, -0.15) is 4.98 Å². The molecular formula is C14H16N4. The average molecular weight is 240 g/mol. The van der Waals surface area contributed by atoms with Gasteiger partial charge in [0.1, 0.15) is 5.82 Å². The molecule has 0 bridgehead atoms. The smallest absolute Gasteiger partial charge is 0.221 e. The van der Waals surface area contributed by atoms with Gasteiger partial charge >= 0.3 is 0 Å². The maximum absolute atomic E-state index is 5.94. The summed E-state index contributed by atoms with van der Waals surface area (Å²) in [5.41, 5.74) is 15.4. The molecule has 0 saturated carbocycles. The highest BCUT2D eigenvalue weighted by molar-refractivity contribution is 5.45. The van der Waals surface area contributed by atoms with Crippen molar-refractivity contribution in [1.82, 2.24) is 9.97 Å². The topological polar surface area (TPSA) is 77.8 Å². The molecule has 3 rings (SSSR count). The van der Waals surface area contributed by atoms with Crippen LogP contribution in [0.25, 0.3) is 0 Å². The number of aryl methyl sites for hydroxylation is 1. The number of nitrogens with two attached hydrogens (primary N) is 2. The second-order valence-corrected chi connectivity index (χ2v) is 4.78. The van der Waals surface area contributed by atoms with E-state index in [0.717, 1.165) is 24.8 Å². The third kappa shape index (κ3) is 1.90. The summed E-state index contributed by atoms with van der Waals surface area (Å²) in [6, 6.07) is 8.58. The monoisotopic (exact) mass is 240 g/mol. The summed E-state index contributed by atoms with van der Waals surface area (Å²) in [6.45, 7) is 0. The summed E-state index contributed by atoms with van der Waals surface area (Å²) >= 11 is 0. The molecule has 0 spiro atoms. The Morgan fingerprint density at radius 1 is 1.11 bits per heavy atom. The van der Waals surface area contributed by atoms with Gasteiger partial charge in [-0.15, -0.1) is 0 Å². The van der Waals surface area contributed by atoms with Crippen molar-refractivity contribution in [3.63, 3.8) is 0 Å². The van der Waals surface area contributed by atoms with Crippen LogP contribution < -0.4 is 11.5 Å². The molecule has 4 nitrogen and oxygen atoms in total. The molecular weight excluding hydrogens is 224 g/mol. The van der Waals surface area contributed by atoms with Gasteiger partial charge < -0.3 is 11.5 Å². The van der Waals surface area contributed by atoms with E-state index in [1.54, 1.807) is 6.20 Å². The standard InChI is InChI=1S/C14H16N4/c15-13-12(8-17-14(16)18-13)11-6-5-9-3-1-2-4-10(9)7-11/h1-4,8,11H,5-7H2,(H4,15,16,17,18). The first-order chi connectivity index (χ1) is 8.74. The SMILES string of the molecule is Nc1ncc(C2CCc3ccccc3C2)c(N)n1. The second-order valence-electron chi connectivity index (χ2n) is 4.78. The lowest BCUT2D eigenvalue weighted by Crippen LogP contribution is -2.15. The summed E-state index contributed by atoms with van der Waals surface area (Å²) in [5.74, 6) is 1.17. The molecule has 1 aromatic carbocycles. The number of hydrogen-bond acceptors (Lipinski definition) is 4. The van der Waals surface area contributed by atoms with Gasteiger partial charge in [-0.1, -0.05) is 24.3 Å². The van der Waals surface area contributed by atoms with E-state index in [1.165, 1.54) is 11.1 Å². The third-order valence-corrected chi connectivity index (χ3v) is 3.65. The van der Waals surface area contributed by atoms with Crippen molar-refractivity contribution < 1.29 is 0 Å². The fourth-order valence-corrected chi connectivity index (χ4v) is 2.70. The largest absolute Gasteiger partial charge is 0.383 e. The third-order valence-electron chi connectivity index (χ3n) is 3.65. The number of nitrogens with zero attached hydrogens (tertiary/aromatic N) is 2. The van der Waals surface area contributed by atoms with Gasteiger partial charge in [0.05, 0.1) is 0 Å². The van der Waals surface area contributed by atoms with Crippen molar-refractivity contribution in [3.8, 4) is 0 Å². The Balaban J connectivity index is 1.92. The zero-order valence-corrected chi connectivity index (χ0v) is 10.1. The van der Waals surface area contributed by atoms with Crippen LogP contribution in [0.3, 0.4) is 0 Å². The lowest BCUT2D eigenvalue weighted by Gasteiger charge is -2.25. The van der Waals surface area contributed by atoms with E-state index < -0.39 is 0 Å². The summed E-state index contributed by atoms with van der Waals surface area (Å²) in [4.78, 5) is 8.11. The van der Waals surface area contributed by atoms with Crippen LogP contribution in [0, 0.1) is 0 Å². The Kier molecular flexibility index (Phi) is 2.63. The minimum Gasteiger partial charge on any atom is -0.383 e. The van der Waals surface area contributed by atoms with Gasteiger partial charge in [0, 0.05) is 11.8 Å². The van der Waals surface area contributed by atoms with Crippen LogP contribution >= 0.6 is 0 Å². The van der Waals surface area contributed by atoms with Crippen LogP contribution in [-0.2, 0) is 12.8 Å². The molecule has 0 amide bonds. The van der Waals surface area contributed by atoms with Crippen molar-refractivity contribution in [3.05, 3.63) is 47.2 Å². The Labute approximate surface area is 106 Å². The molecule has 1 aliphatic rings. The molecule has 1 aromatic heterocycles. The van der Waals surface area contributed by atoms with Crippen molar-refractivity contribution in [1.29, 1.82) is 0 Å². The molecule has 0 aliphatic heterocycles. The quantitative estimate of drug-likeness (QED) is 0.798. The van der Waals surface area contributed by atoms with Crippen LogP contribution in [0.15, 0.2) is 30.5 Å². The maximum atomic E-state index is 5.94. The van der Waals surface area contributed by atoms with E-state index in [4.69, 9.17) is 11.5 Å². The lowest BCUT2D eigenvalue weighted by atomic mass is 9.81. The van der Waals surface area contributed by atoms with Crippen LogP contribution in [0.5, 0.6) is 0 Å². The molecule has 1 unspecified atom stereocenters. The molecule has 0 fully saturated rings. The molecule has 4 heteroatoms. The molecule has 4 N–H and O–H groups in total. The van der Waals surface area contributed by atoms with Crippen LogP contribution in [0.4, 0.5) is 11.8 Å². The summed E-state index contributed by atoms with van der Waals surface area (Å²) in [6.07, 6.45) is 4.96. The van der Waals surface area contributed by atoms with Crippen LogP contribution in [0.1, 0.15) is 29.0 Å². The van der Waals surface area contributed by atoms with Crippen molar-refractivity contribution >= 4 is 11.8 Å². The van der Waals surface area contributed by atoms with Gasteiger partial charge in [0.2, 0.25) is 5.95 Å². The Morgan fingerprint density at radius 2 is 1.89 bits per heavy atom. The Morgan fingerprint density at radius 3 is 2.67 bits per heavy atom. The average Bonchev–Trinajstić information content (AvgIpc) is 2.38. The van der Waals surface area contributed by atoms with Crippen molar-refractivity contribution in [2.75, 3.05) is 11.5 Å². The lowest BCUT2D eigenvalue weighted by molar-refractivity contribution is 0.583. The summed E-state index contributed by atoms with van der Waals surface area (Å²) < 4.78 is 0. The van der Waals surface area contributed by atoms with E-state index in [2.05, 4.69) is 34.2 Å². The molecule has 1 atom stereocenters. The second kappa shape index (κ2) is 4.29. The number of benzene rings is 1. The van der Waals surface area contributed by atoms with E-state index in [0.29, 0.717) is 11.7 Å². The van der Waals surface area contributed by atoms with Crippen LogP contribution in [-0.4, -0.2) is 9.97 Å². The first-order valence-corrected chi connectivity index (χ1v) is 6.18. The van der Waals surface area contributed by atoms with E-state index >= 15 is 0 Å². The number of fused-ring (bicyclic) bond motifs is 1. The number of hydrogen-bond donors (Lipinski definition) is 2. The maximum Gasteiger partial charge on any atom is 0.221 e.